The van der Waals surface area contributed by atoms with Gasteiger partial charge in [0.25, 0.3) is 10.2 Å². The second-order valence-electron chi connectivity index (χ2n) is 4.38. The Morgan fingerprint density at radius 2 is 2.35 bits per heavy atom. The van der Waals surface area contributed by atoms with Crippen molar-refractivity contribution in [3.8, 4) is 11.8 Å². The molecule has 1 saturated heterocycles. The average Bonchev–Trinajstić information content (AvgIpc) is 2.87. The van der Waals surface area contributed by atoms with Gasteiger partial charge in [0.1, 0.15) is 24.0 Å². The molecule has 3 N–H and O–H groups in total. The monoisotopic (exact) mass is 297 g/mol. The first-order valence-electron chi connectivity index (χ1n) is 6.07. The van der Waals surface area contributed by atoms with Gasteiger partial charge in [0.2, 0.25) is 0 Å². The Morgan fingerprint density at radius 3 is 2.95 bits per heavy atom. The maximum atomic E-state index is 11.0. The number of hydrogen-bond acceptors (Lipinski definition) is 5. The van der Waals surface area contributed by atoms with Crippen LogP contribution >= 0.6 is 0 Å². The summed E-state index contributed by atoms with van der Waals surface area (Å²) in [6.45, 7) is 1.04. The number of nitrogens with one attached hydrogen (secondary N) is 1. The number of nitriles is 1. The molecule has 1 heterocycles. The maximum absolute atomic E-state index is 11.0. The first-order valence-corrected chi connectivity index (χ1v) is 7.62. The predicted octanol–water partition coefficient (Wildman–Crippen LogP) is 0.731. The molecule has 0 spiro atoms. The van der Waals surface area contributed by atoms with Crippen LogP contribution in [0.25, 0.3) is 0 Å². The van der Waals surface area contributed by atoms with Gasteiger partial charge in [0.05, 0.1) is 11.8 Å². The van der Waals surface area contributed by atoms with Gasteiger partial charge in [0, 0.05) is 6.61 Å². The molecule has 1 unspecified atom stereocenters. The predicted molar refractivity (Wildman–Crippen MR) is 72.4 cm³/mol. The third-order valence-electron chi connectivity index (χ3n) is 2.84. The van der Waals surface area contributed by atoms with E-state index in [9.17, 15) is 8.42 Å². The Kier molecular flexibility index (Phi) is 4.44. The minimum atomic E-state index is -3.94. The van der Waals surface area contributed by atoms with Crippen molar-refractivity contribution < 1.29 is 17.9 Å². The summed E-state index contributed by atoms with van der Waals surface area (Å²) in [6.07, 6.45) is 1.92. The number of rotatable bonds is 5. The lowest BCUT2D eigenvalue weighted by Gasteiger charge is -2.14. The molecule has 20 heavy (non-hydrogen) atoms. The van der Waals surface area contributed by atoms with Crippen LogP contribution in [0.3, 0.4) is 0 Å². The molecule has 0 bridgehead atoms. The fraction of sp³-hybridized carbons (Fsp3) is 0.417. The van der Waals surface area contributed by atoms with Crippen molar-refractivity contribution in [2.75, 3.05) is 17.9 Å². The largest absolute Gasteiger partial charge is 0.489 e. The van der Waals surface area contributed by atoms with Crippen molar-refractivity contribution in [1.82, 2.24) is 0 Å². The zero-order chi connectivity index (χ0) is 14.6. The molecule has 1 atom stereocenters. The van der Waals surface area contributed by atoms with Gasteiger partial charge in [-0.1, -0.05) is 6.07 Å². The number of anilines is 1. The van der Waals surface area contributed by atoms with Crippen LogP contribution in [0.2, 0.25) is 0 Å². The van der Waals surface area contributed by atoms with Crippen molar-refractivity contribution in [3.63, 3.8) is 0 Å². The van der Waals surface area contributed by atoms with Crippen molar-refractivity contribution in [1.29, 1.82) is 5.26 Å². The second kappa shape index (κ2) is 6.09. The molecule has 108 valence electrons. The van der Waals surface area contributed by atoms with Crippen LogP contribution in [-0.2, 0) is 14.9 Å². The highest BCUT2D eigenvalue weighted by atomic mass is 32.2. The van der Waals surface area contributed by atoms with Gasteiger partial charge in [-0.2, -0.15) is 13.7 Å². The molecule has 0 amide bonds. The summed E-state index contributed by atoms with van der Waals surface area (Å²) in [5.74, 6) is 0.302. The molecule has 0 aliphatic carbocycles. The van der Waals surface area contributed by atoms with Crippen LogP contribution in [0.15, 0.2) is 18.2 Å². The summed E-state index contributed by atoms with van der Waals surface area (Å²) >= 11 is 0. The highest BCUT2D eigenvalue weighted by Gasteiger charge is 2.18. The van der Waals surface area contributed by atoms with Gasteiger partial charge in [-0.25, -0.2) is 5.14 Å². The highest BCUT2D eigenvalue weighted by Crippen LogP contribution is 2.27. The third kappa shape index (κ3) is 3.84. The molecule has 1 aromatic rings. The van der Waals surface area contributed by atoms with Gasteiger partial charge in [-0.05, 0) is 25.0 Å². The number of nitrogens with two attached hydrogens (primary N) is 1. The molecule has 8 heteroatoms. The van der Waals surface area contributed by atoms with Crippen LogP contribution in [0, 0.1) is 11.3 Å². The first-order chi connectivity index (χ1) is 9.49. The van der Waals surface area contributed by atoms with Gasteiger partial charge >= 0.3 is 0 Å². The average molecular weight is 297 g/mol. The van der Waals surface area contributed by atoms with Crippen molar-refractivity contribution in [2.45, 2.75) is 18.9 Å². The summed E-state index contributed by atoms with van der Waals surface area (Å²) in [6, 6.07) is 6.54. The van der Waals surface area contributed by atoms with Crippen molar-refractivity contribution >= 4 is 15.9 Å². The van der Waals surface area contributed by atoms with E-state index in [1.54, 1.807) is 12.1 Å². The summed E-state index contributed by atoms with van der Waals surface area (Å²) in [5.41, 5.74) is 0.194. The lowest BCUT2D eigenvalue weighted by atomic mass is 10.2. The summed E-state index contributed by atoms with van der Waals surface area (Å²) in [4.78, 5) is 0. The van der Waals surface area contributed by atoms with E-state index in [-0.39, 0.29) is 17.4 Å². The molecule has 1 aliphatic heterocycles. The highest BCUT2D eigenvalue weighted by molar-refractivity contribution is 7.90. The standard InChI is InChI=1S/C12H15N3O4S/c13-7-10-11(15-20(14,16)17)4-1-5-12(10)19-8-9-3-2-6-18-9/h1,4-5,9,15H,2-3,6,8H2,(H2,14,16,17). The SMILES string of the molecule is N#Cc1c(NS(N)(=O)=O)cccc1OCC1CCCO1. The molecule has 7 nitrogen and oxygen atoms in total. The fourth-order valence-electron chi connectivity index (χ4n) is 1.96. The van der Waals surface area contributed by atoms with E-state index in [1.165, 1.54) is 6.07 Å². The minimum absolute atomic E-state index is 0.0106. The topological polar surface area (TPSA) is 114 Å². The van der Waals surface area contributed by atoms with E-state index >= 15 is 0 Å². The molecule has 0 aromatic heterocycles. The second-order valence-corrected chi connectivity index (χ2v) is 5.68. The van der Waals surface area contributed by atoms with E-state index in [2.05, 4.69) is 4.72 Å². The summed E-state index contributed by atoms with van der Waals surface area (Å²) in [5, 5.41) is 14.1. The molecule has 1 aromatic carbocycles. The summed E-state index contributed by atoms with van der Waals surface area (Å²) in [7, 11) is -3.94. The maximum Gasteiger partial charge on any atom is 0.296 e. The van der Waals surface area contributed by atoms with Gasteiger partial charge < -0.3 is 9.47 Å². The quantitative estimate of drug-likeness (QED) is 0.831. The van der Waals surface area contributed by atoms with Crippen LogP contribution in [0.4, 0.5) is 5.69 Å². The lowest BCUT2D eigenvalue weighted by molar-refractivity contribution is 0.0679. The van der Waals surface area contributed by atoms with Crippen molar-refractivity contribution in [3.05, 3.63) is 23.8 Å². The Hall–Kier alpha value is -1.82. The Bertz CT molecular complexity index is 618. The Labute approximate surface area is 117 Å². The van der Waals surface area contributed by atoms with Crippen LogP contribution in [0.1, 0.15) is 18.4 Å². The normalized spacial score (nSPS) is 18.5. The van der Waals surface area contributed by atoms with E-state index < -0.39 is 10.2 Å². The van der Waals surface area contributed by atoms with E-state index in [0.29, 0.717) is 19.0 Å². The zero-order valence-electron chi connectivity index (χ0n) is 10.7. The van der Waals surface area contributed by atoms with Crippen molar-refractivity contribution in [2.24, 2.45) is 5.14 Å². The van der Waals surface area contributed by atoms with Crippen LogP contribution in [0.5, 0.6) is 5.75 Å². The van der Waals surface area contributed by atoms with E-state index in [1.807, 2.05) is 6.07 Å². The molecule has 0 radical (unpaired) electrons. The third-order valence-corrected chi connectivity index (χ3v) is 3.34. The minimum Gasteiger partial charge on any atom is -0.489 e. The van der Waals surface area contributed by atoms with Gasteiger partial charge in [0.15, 0.2) is 0 Å². The first kappa shape index (κ1) is 14.6. The Balaban J connectivity index is 2.16. The number of benzene rings is 1. The Morgan fingerprint density at radius 1 is 1.55 bits per heavy atom. The number of hydrogen-bond donors (Lipinski definition) is 2. The van der Waals surface area contributed by atoms with Crippen LogP contribution < -0.4 is 14.6 Å². The molecule has 0 saturated carbocycles. The lowest BCUT2D eigenvalue weighted by Crippen LogP contribution is -2.22. The van der Waals surface area contributed by atoms with Crippen LogP contribution in [-0.4, -0.2) is 27.7 Å². The van der Waals surface area contributed by atoms with E-state index in [4.69, 9.17) is 19.9 Å². The summed E-state index contributed by atoms with van der Waals surface area (Å²) < 4.78 is 35.1. The number of nitrogens with zero attached hydrogens (tertiary/aromatic N) is 1. The molecule has 1 fully saturated rings. The molecular formula is C12H15N3O4S. The molecular weight excluding hydrogens is 282 g/mol. The number of ether oxygens (including phenoxy) is 2. The zero-order valence-corrected chi connectivity index (χ0v) is 11.5. The fourth-order valence-corrected chi connectivity index (χ4v) is 2.44. The van der Waals surface area contributed by atoms with Gasteiger partial charge in [-0.15, -0.1) is 0 Å². The van der Waals surface area contributed by atoms with Gasteiger partial charge in [-0.3, -0.25) is 4.72 Å². The van der Waals surface area contributed by atoms with E-state index in [0.717, 1.165) is 12.8 Å². The smallest absolute Gasteiger partial charge is 0.296 e. The molecule has 1 aliphatic rings. The molecule has 2 rings (SSSR count).